The molecule has 0 amide bonds. The van der Waals surface area contributed by atoms with Crippen LogP contribution in [0.5, 0.6) is 0 Å². The van der Waals surface area contributed by atoms with Crippen LogP contribution in [0.1, 0.15) is 12.8 Å². The fourth-order valence-corrected chi connectivity index (χ4v) is 2.08. The minimum absolute atomic E-state index is 0.120. The zero-order chi connectivity index (χ0) is 14.8. The Morgan fingerprint density at radius 1 is 1.10 bits per heavy atom. The van der Waals surface area contributed by atoms with Crippen LogP contribution in [0, 0.1) is 0 Å². The van der Waals surface area contributed by atoms with Crippen molar-refractivity contribution in [1.82, 2.24) is 0 Å². The van der Waals surface area contributed by atoms with Crippen LogP contribution in [-0.2, 0) is 19.5 Å². The average molecular weight is 302 g/mol. The van der Waals surface area contributed by atoms with E-state index in [0.29, 0.717) is 13.2 Å². The smallest absolute Gasteiger partial charge is 0.238 e. The van der Waals surface area contributed by atoms with E-state index in [1.807, 2.05) is 0 Å². The minimum atomic E-state index is -3.61. The third-order valence-corrected chi connectivity index (χ3v) is 3.59. The average Bonchev–Trinajstić information content (AvgIpc) is 2.41. The third kappa shape index (κ3) is 6.85. The fraction of sp³-hybridized carbons (Fsp3) is 0.538. The Morgan fingerprint density at radius 2 is 1.80 bits per heavy atom. The van der Waals surface area contributed by atoms with Gasteiger partial charge in [-0.15, -0.1) is 0 Å². The molecule has 0 fully saturated rings. The molecular weight excluding hydrogens is 280 g/mol. The molecule has 1 aromatic carbocycles. The van der Waals surface area contributed by atoms with Gasteiger partial charge in [0, 0.05) is 25.9 Å². The topological polar surface area (TPSA) is 90.7 Å². The summed E-state index contributed by atoms with van der Waals surface area (Å²) in [5.74, 6) is 0. The van der Waals surface area contributed by atoms with Gasteiger partial charge in [0.2, 0.25) is 10.0 Å². The van der Waals surface area contributed by atoms with Gasteiger partial charge in [-0.25, -0.2) is 13.6 Å². The normalized spacial score (nSPS) is 11.5. The molecule has 114 valence electrons. The molecule has 7 heteroatoms. The summed E-state index contributed by atoms with van der Waals surface area (Å²) >= 11 is 0. The van der Waals surface area contributed by atoms with Crippen LogP contribution < -0.4 is 10.5 Å². The molecule has 3 N–H and O–H groups in total. The van der Waals surface area contributed by atoms with Crippen molar-refractivity contribution < 1.29 is 17.9 Å². The number of unbranched alkanes of at least 4 members (excludes halogenated alkanes) is 1. The molecule has 0 saturated heterocycles. The number of sulfonamides is 1. The van der Waals surface area contributed by atoms with E-state index in [9.17, 15) is 8.42 Å². The Morgan fingerprint density at radius 3 is 2.40 bits per heavy atom. The second kappa shape index (κ2) is 8.91. The summed E-state index contributed by atoms with van der Waals surface area (Å²) in [5.41, 5.74) is 0.873. The molecule has 0 aromatic heterocycles. The molecule has 0 aliphatic rings. The van der Waals surface area contributed by atoms with Crippen LogP contribution in [-0.4, -0.2) is 41.9 Å². The summed E-state index contributed by atoms with van der Waals surface area (Å²) < 4.78 is 32.4. The lowest BCUT2D eigenvalue weighted by Gasteiger charge is -2.07. The number of ether oxygens (including phenoxy) is 2. The van der Waals surface area contributed by atoms with Crippen LogP contribution in [0.3, 0.4) is 0 Å². The van der Waals surface area contributed by atoms with E-state index in [-0.39, 0.29) is 4.90 Å². The van der Waals surface area contributed by atoms with E-state index in [1.165, 1.54) is 12.1 Å². The van der Waals surface area contributed by atoms with E-state index in [2.05, 4.69) is 5.32 Å². The SMILES string of the molecule is COCCOCCCCNc1ccc(S(N)(=O)=O)cc1. The largest absolute Gasteiger partial charge is 0.385 e. The summed E-state index contributed by atoms with van der Waals surface area (Å²) in [5, 5.41) is 8.23. The first-order chi connectivity index (χ1) is 9.54. The summed E-state index contributed by atoms with van der Waals surface area (Å²) in [6.45, 7) is 2.77. The molecule has 1 aromatic rings. The third-order valence-electron chi connectivity index (χ3n) is 2.66. The lowest BCUT2D eigenvalue weighted by Crippen LogP contribution is -2.12. The quantitative estimate of drug-likeness (QED) is 0.634. The highest BCUT2D eigenvalue weighted by Crippen LogP contribution is 2.12. The number of primary sulfonamides is 1. The van der Waals surface area contributed by atoms with Gasteiger partial charge in [-0.2, -0.15) is 0 Å². The van der Waals surface area contributed by atoms with E-state index in [0.717, 1.165) is 31.7 Å². The first-order valence-electron chi connectivity index (χ1n) is 6.47. The lowest BCUT2D eigenvalue weighted by atomic mass is 10.3. The van der Waals surface area contributed by atoms with Crippen LogP contribution in [0.15, 0.2) is 29.2 Å². The molecule has 0 aliphatic heterocycles. The molecule has 0 spiro atoms. The molecule has 0 heterocycles. The number of nitrogens with one attached hydrogen (secondary N) is 1. The molecule has 1 rings (SSSR count). The highest BCUT2D eigenvalue weighted by molar-refractivity contribution is 7.89. The molecule has 0 unspecified atom stereocenters. The molecule has 0 saturated carbocycles. The molecule has 0 radical (unpaired) electrons. The predicted octanol–water partition coefficient (Wildman–Crippen LogP) is 1.19. The zero-order valence-corrected chi connectivity index (χ0v) is 12.5. The number of rotatable bonds is 10. The van der Waals surface area contributed by atoms with Crippen LogP contribution in [0.2, 0.25) is 0 Å². The molecule has 0 bridgehead atoms. The predicted molar refractivity (Wildman–Crippen MR) is 78.2 cm³/mol. The Balaban J connectivity index is 2.16. The van der Waals surface area contributed by atoms with Crippen LogP contribution in [0.4, 0.5) is 5.69 Å². The van der Waals surface area contributed by atoms with Gasteiger partial charge < -0.3 is 14.8 Å². The molecule has 0 aliphatic carbocycles. The van der Waals surface area contributed by atoms with Crippen molar-refractivity contribution in [2.75, 3.05) is 38.8 Å². The van der Waals surface area contributed by atoms with E-state index >= 15 is 0 Å². The first-order valence-corrected chi connectivity index (χ1v) is 8.02. The standard InChI is InChI=1S/C13H22N2O4S/c1-18-10-11-19-9-3-2-8-15-12-4-6-13(7-5-12)20(14,16)17/h4-7,15H,2-3,8-11H2,1H3,(H2,14,16,17). The first kappa shape index (κ1) is 16.9. The van der Waals surface area contributed by atoms with Gasteiger partial charge in [0.25, 0.3) is 0 Å². The summed E-state index contributed by atoms with van der Waals surface area (Å²) in [6, 6.07) is 6.39. The number of hydrogen-bond donors (Lipinski definition) is 2. The number of nitrogens with two attached hydrogens (primary N) is 1. The molecule has 0 atom stereocenters. The zero-order valence-electron chi connectivity index (χ0n) is 11.7. The number of benzene rings is 1. The summed E-state index contributed by atoms with van der Waals surface area (Å²) in [6.07, 6.45) is 1.94. The van der Waals surface area contributed by atoms with E-state index < -0.39 is 10.0 Å². The van der Waals surface area contributed by atoms with Crippen molar-refractivity contribution in [3.63, 3.8) is 0 Å². The Kier molecular flexibility index (Phi) is 7.53. The maximum atomic E-state index is 11.1. The van der Waals surface area contributed by atoms with Gasteiger partial charge in [-0.3, -0.25) is 0 Å². The van der Waals surface area contributed by atoms with Crippen LogP contribution >= 0.6 is 0 Å². The van der Waals surface area contributed by atoms with Gasteiger partial charge in [0.15, 0.2) is 0 Å². The van der Waals surface area contributed by atoms with Gasteiger partial charge in [0.1, 0.15) is 0 Å². The monoisotopic (exact) mass is 302 g/mol. The second-order valence-electron chi connectivity index (χ2n) is 4.31. The molecule has 6 nitrogen and oxygen atoms in total. The Bertz CT molecular complexity index is 474. The van der Waals surface area contributed by atoms with E-state index in [1.54, 1.807) is 19.2 Å². The minimum Gasteiger partial charge on any atom is -0.385 e. The van der Waals surface area contributed by atoms with Gasteiger partial charge >= 0.3 is 0 Å². The summed E-state index contributed by atoms with van der Waals surface area (Å²) in [7, 11) is -1.97. The lowest BCUT2D eigenvalue weighted by molar-refractivity contribution is 0.0691. The second-order valence-corrected chi connectivity index (χ2v) is 5.87. The van der Waals surface area contributed by atoms with Gasteiger partial charge in [-0.1, -0.05) is 0 Å². The van der Waals surface area contributed by atoms with Gasteiger partial charge in [-0.05, 0) is 37.1 Å². The maximum Gasteiger partial charge on any atom is 0.238 e. The molecule has 20 heavy (non-hydrogen) atoms. The van der Waals surface area contributed by atoms with Crippen molar-refractivity contribution >= 4 is 15.7 Å². The van der Waals surface area contributed by atoms with Crippen molar-refractivity contribution in [3.8, 4) is 0 Å². The van der Waals surface area contributed by atoms with Crippen molar-refractivity contribution in [3.05, 3.63) is 24.3 Å². The van der Waals surface area contributed by atoms with Crippen LogP contribution in [0.25, 0.3) is 0 Å². The van der Waals surface area contributed by atoms with Gasteiger partial charge in [0.05, 0.1) is 18.1 Å². The van der Waals surface area contributed by atoms with Crippen molar-refractivity contribution in [2.45, 2.75) is 17.7 Å². The van der Waals surface area contributed by atoms with Crippen molar-refractivity contribution in [2.24, 2.45) is 5.14 Å². The van der Waals surface area contributed by atoms with E-state index in [4.69, 9.17) is 14.6 Å². The maximum absolute atomic E-state index is 11.1. The molecular formula is C13H22N2O4S. The van der Waals surface area contributed by atoms with Crippen molar-refractivity contribution in [1.29, 1.82) is 0 Å². The highest BCUT2D eigenvalue weighted by atomic mass is 32.2. The number of hydrogen-bond acceptors (Lipinski definition) is 5. The highest BCUT2D eigenvalue weighted by Gasteiger charge is 2.06. The Hall–Kier alpha value is -1.15. The number of anilines is 1. The summed E-state index contributed by atoms with van der Waals surface area (Å²) in [4.78, 5) is 0.120. The number of methoxy groups -OCH3 is 1. The Labute approximate surface area is 120 Å². The fourth-order valence-electron chi connectivity index (χ4n) is 1.57.